The summed E-state index contributed by atoms with van der Waals surface area (Å²) >= 11 is 2.41. The second-order valence-corrected chi connectivity index (χ2v) is 36.2. The van der Waals surface area contributed by atoms with Crippen molar-refractivity contribution in [3.63, 3.8) is 0 Å². The van der Waals surface area contributed by atoms with Gasteiger partial charge in [-0.1, -0.05) is 0 Å². The summed E-state index contributed by atoms with van der Waals surface area (Å²) in [6.07, 6.45) is 0. The molecule has 10 aliphatic heterocycles. The Bertz CT molecular complexity index is 1220. The van der Waals surface area contributed by atoms with E-state index in [4.69, 9.17) is 0 Å². The predicted molar refractivity (Wildman–Crippen MR) is 82.5 cm³/mol. The molecule has 4 atom stereocenters. The van der Waals surface area contributed by atoms with Gasteiger partial charge in [-0.2, -0.15) is 0 Å². The van der Waals surface area contributed by atoms with Gasteiger partial charge in [0.15, 0.2) is 0 Å². The van der Waals surface area contributed by atoms with Crippen LogP contribution >= 0.6 is 22.6 Å². The van der Waals surface area contributed by atoms with E-state index in [0.29, 0.717) is 0 Å². The maximum absolute atomic E-state index is 4.06. The van der Waals surface area contributed by atoms with Gasteiger partial charge in [-0.05, 0) is 0 Å². The summed E-state index contributed by atoms with van der Waals surface area (Å²) in [6.45, 7) is -2.91. The Balaban J connectivity index is 1.34. The van der Waals surface area contributed by atoms with Crippen molar-refractivity contribution in [3.8, 4) is 11.8 Å². The summed E-state index contributed by atoms with van der Waals surface area (Å²) in [5.41, 5.74) is 1.29. The standard InChI is InChI=1S/C13H8I.C5H5.Fe/c14-13-7-3-6-12(10-13)9-8-11-4-1-2-5-11;1-2-4-5-3-1;/h1-7,10H;1-5H;. The molecule has 100 valence electrons. The quantitative estimate of drug-likeness (QED) is 0.304. The fourth-order valence-electron chi connectivity index (χ4n) is 17.2. The van der Waals surface area contributed by atoms with Crippen LogP contribution in [0.3, 0.4) is 0 Å². The van der Waals surface area contributed by atoms with Crippen LogP contribution in [0.15, 0.2) is 24.3 Å². The first-order chi connectivity index (χ1) is 9.52. The minimum atomic E-state index is -2.91. The average molecular weight is 412 g/mol. The third-order valence-electron chi connectivity index (χ3n) is 15.9. The Morgan fingerprint density at radius 3 is 2.05 bits per heavy atom. The molecule has 4 unspecified atom stereocenters. The molecule has 2 heteroatoms. The van der Waals surface area contributed by atoms with Crippen molar-refractivity contribution in [2.45, 2.75) is 47.7 Å². The zero-order valence-corrected chi connectivity index (χ0v) is 14.0. The number of halogens is 1. The van der Waals surface area contributed by atoms with Gasteiger partial charge in [-0.25, -0.2) is 0 Å². The second kappa shape index (κ2) is 0.763. The fourth-order valence-corrected chi connectivity index (χ4v) is 90.8. The summed E-state index contributed by atoms with van der Waals surface area (Å²) in [5.74, 6) is 7.75. The van der Waals surface area contributed by atoms with Crippen LogP contribution in [0.5, 0.6) is 0 Å². The summed E-state index contributed by atoms with van der Waals surface area (Å²) in [6, 6.07) is 8.85. The van der Waals surface area contributed by atoms with Crippen LogP contribution in [0.25, 0.3) is 0 Å². The van der Waals surface area contributed by atoms with Crippen molar-refractivity contribution in [2.24, 2.45) is 0 Å². The van der Waals surface area contributed by atoms with Gasteiger partial charge in [0.1, 0.15) is 0 Å². The molecule has 1 aromatic carbocycles. The molecule has 0 aromatic heterocycles. The second-order valence-electron chi connectivity index (χ2n) is 11.4. The third-order valence-corrected chi connectivity index (χ3v) is 58.8. The van der Waals surface area contributed by atoms with Gasteiger partial charge in [0.25, 0.3) is 0 Å². The Kier molecular flexibility index (Phi) is 0.307. The van der Waals surface area contributed by atoms with Gasteiger partial charge in [-0.3, -0.25) is 0 Å². The van der Waals surface area contributed by atoms with E-state index in [0.717, 1.165) is 4.31 Å². The molecule has 11 rings (SSSR count). The van der Waals surface area contributed by atoms with Crippen molar-refractivity contribution in [1.82, 2.24) is 0 Å². The zero-order valence-electron chi connectivity index (χ0n) is 10.7. The summed E-state index contributed by atoms with van der Waals surface area (Å²) in [4.78, 5) is 12.5. The van der Waals surface area contributed by atoms with E-state index in [-0.39, 0.29) is 0 Å². The summed E-state index contributed by atoms with van der Waals surface area (Å²) in [7, 11) is 0. The van der Waals surface area contributed by atoms with Gasteiger partial charge in [0.05, 0.1) is 0 Å². The Morgan fingerprint density at radius 2 is 1.60 bits per heavy atom. The molecule has 0 nitrogen and oxygen atoms in total. The molecular weight excluding hydrogens is 399 g/mol. The van der Waals surface area contributed by atoms with Crippen molar-refractivity contribution < 1.29 is 6.51 Å². The Hall–Kier alpha value is 0.0295. The third kappa shape index (κ3) is 0.0997. The number of hydrogen-bond acceptors (Lipinski definition) is 0. The molecule has 10 saturated heterocycles. The first-order valence-corrected chi connectivity index (χ1v) is 15.4. The van der Waals surface area contributed by atoms with Crippen LogP contribution in [0.4, 0.5) is 0 Å². The molecule has 0 radical (unpaired) electrons. The van der Waals surface area contributed by atoms with Crippen molar-refractivity contribution in [3.05, 3.63) is 33.4 Å². The van der Waals surface area contributed by atoms with E-state index >= 15 is 0 Å². The molecule has 20 heavy (non-hydrogen) atoms. The van der Waals surface area contributed by atoms with Gasteiger partial charge >= 0.3 is 122 Å². The molecule has 10 fully saturated rings. The zero-order chi connectivity index (χ0) is 12.4. The van der Waals surface area contributed by atoms with E-state index in [1.54, 1.807) is 0 Å². The van der Waals surface area contributed by atoms with Crippen molar-refractivity contribution >= 4 is 22.6 Å². The first kappa shape index (κ1) is 8.04. The van der Waals surface area contributed by atoms with Crippen LogP contribution in [-0.2, 0) is 6.51 Å². The van der Waals surface area contributed by atoms with Gasteiger partial charge in [0.2, 0.25) is 0 Å². The van der Waals surface area contributed by atoms with Gasteiger partial charge in [0, 0.05) is 0 Å². The SMILES string of the molecule is Ic1cccc(C#C[C]23[CH]4[CH]5[CH]6[CH]2[Fe]56432789[CH]3[CH]2[CH]7[CH]8[CH]39)c1. The number of fused-ring (bicyclic) bond motifs is 10. The van der Waals surface area contributed by atoms with Crippen LogP contribution in [0, 0.1) is 15.4 Å². The van der Waals surface area contributed by atoms with Gasteiger partial charge in [-0.15, -0.1) is 0 Å². The van der Waals surface area contributed by atoms with E-state index in [1.807, 2.05) is 0 Å². The van der Waals surface area contributed by atoms with Crippen molar-refractivity contribution in [1.29, 1.82) is 0 Å². The van der Waals surface area contributed by atoms with Crippen LogP contribution in [0.1, 0.15) is 5.56 Å². The van der Waals surface area contributed by atoms with E-state index in [1.165, 1.54) is 52.5 Å². The molecule has 10 aliphatic rings. The summed E-state index contributed by atoms with van der Waals surface area (Å²) < 4.78 is 2.11. The topological polar surface area (TPSA) is 0 Å². The van der Waals surface area contributed by atoms with Crippen LogP contribution < -0.4 is 0 Å². The predicted octanol–water partition coefficient (Wildman–Crippen LogP) is 5.40. The molecular formula is C18H13FeI. The van der Waals surface area contributed by atoms with Crippen LogP contribution in [-0.4, -0.2) is 0 Å². The molecule has 0 N–H and O–H groups in total. The minimum absolute atomic E-state index is 0.778. The fraction of sp³-hybridized carbons (Fsp3) is 0.556. The average Bonchev–Trinajstić information content (AvgIpc) is 3.38. The molecule has 0 saturated carbocycles. The number of hydrogen-bond donors (Lipinski definition) is 0. The molecule has 0 aliphatic carbocycles. The van der Waals surface area contributed by atoms with Crippen LogP contribution in [0.2, 0.25) is 47.7 Å². The number of benzene rings is 1. The van der Waals surface area contributed by atoms with E-state index in [9.17, 15) is 0 Å². The van der Waals surface area contributed by atoms with E-state index in [2.05, 4.69) is 58.7 Å². The maximum atomic E-state index is 4.06. The summed E-state index contributed by atoms with van der Waals surface area (Å²) in [5, 5.41) is 0. The van der Waals surface area contributed by atoms with E-state index < -0.39 is 6.51 Å². The molecule has 0 amide bonds. The molecule has 1 aromatic rings. The van der Waals surface area contributed by atoms with Crippen molar-refractivity contribution in [2.75, 3.05) is 0 Å². The Labute approximate surface area is 121 Å². The Morgan fingerprint density at radius 1 is 0.950 bits per heavy atom. The molecule has 10 heterocycles. The van der Waals surface area contributed by atoms with Gasteiger partial charge < -0.3 is 0 Å². The molecule has 1 spiro atoms. The first-order valence-electron chi connectivity index (χ1n) is 8.02. The number of rotatable bonds is 0. The monoisotopic (exact) mass is 412 g/mol. The molecule has 0 bridgehead atoms. The normalized spacial score (nSPS) is 102.